The van der Waals surface area contributed by atoms with Gasteiger partial charge in [0.25, 0.3) is 5.91 Å². The van der Waals surface area contributed by atoms with Gasteiger partial charge in [0.15, 0.2) is 5.78 Å². The zero-order chi connectivity index (χ0) is 21.5. The number of carbonyl (C=O) groups excluding carboxylic acids is 3. The van der Waals surface area contributed by atoms with Crippen LogP contribution in [0.5, 0.6) is 0 Å². The summed E-state index contributed by atoms with van der Waals surface area (Å²) < 4.78 is 0. The molecule has 0 unspecified atom stereocenters. The number of carbonyl (C=O) groups is 3. The number of aryl methyl sites for hydroxylation is 1. The Morgan fingerprint density at radius 1 is 0.968 bits per heavy atom. The highest BCUT2D eigenvalue weighted by molar-refractivity contribution is 6.13. The summed E-state index contributed by atoms with van der Waals surface area (Å²) in [7, 11) is 0. The minimum Gasteiger partial charge on any atom is -0.361 e. The Kier molecular flexibility index (Phi) is 4.58. The highest BCUT2D eigenvalue weighted by Gasteiger charge is 2.39. The van der Waals surface area contributed by atoms with Crippen molar-refractivity contribution in [2.75, 3.05) is 6.54 Å². The summed E-state index contributed by atoms with van der Waals surface area (Å²) in [6.07, 6.45) is 4.73. The van der Waals surface area contributed by atoms with Crippen molar-refractivity contribution >= 4 is 39.5 Å². The van der Waals surface area contributed by atoms with Crippen LogP contribution >= 0.6 is 0 Å². The van der Waals surface area contributed by atoms with Crippen LogP contribution < -0.4 is 5.32 Å². The van der Waals surface area contributed by atoms with Crippen LogP contribution in [-0.4, -0.2) is 45.2 Å². The average molecular weight is 414 g/mol. The molecule has 7 heteroatoms. The van der Waals surface area contributed by atoms with E-state index in [4.69, 9.17) is 0 Å². The van der Waals surface area contributed by atoms with E-state index in [-0.39, 0.29) is 18.2 Å². The topological polar surface area (TPSA) is 98.1 Å². The molecule has 1 atom stereocenters. The van der Waals surface area contributed by atoms with Crippen LogP contribution in [0.15, 0.2) is 54.9 Å². The number of benzene rings is 2. The van der Waals surface area contributed by atoms with E-state index < -0.39 is 12.1 Å². The summed E-state index contributed by atoms with van der Waals surface area (Å²) >= 11 is 0. The first-order valence-electron chi connectivity index (χ1n) is 10.4. The lowest BCUT2D eigenvalue weighted by Gasteiger charge is -2.12. The molecule has 2 aromatic heterocycles. The predicted molar refractivity (Wildman–Crippen MR) is 118 cm³/mol. The molecule has 156 valence electrons. The zero-order valence-electron chi connectivity index (χ0n) is 17.1. The number of hydrogen-bond donors (Lipinski definition) is 3. The smallest absolute Gasteiger partial charge is 0.325 e. The van der Waals surface area contributed by atoms with E-state index in [1.807, 2.05) is 48.7 Å². The van der Waals surface area contributed by atoms with E-state index in [9.17, 15) is 14.4 Å². The summed E-state index contributed by atoms with van der Waals surface area (Å²) in [5.74, 6) is -0.645. The molecule has 3 heterocycles. The highest BCUT2D eigenvalue weighted by atomic mass is 16.2. The Hall–Kier alpha value is -3.87. The Bertz CT molecular complexity index is 1330. The van der Waals surface area contributed by atoms with Gasteiger partial charge in [-0.3, -0.25) is 14.5 Å². The predicted octanol–water partition coefficient (Wildman–Crippen LogP) is 3.56. The largest absolute Gasteiger partial charge is 0.361 e. The fraction of sp³-hybridized carbons (Fsp3) is 0.208. The first-order valence-corrected chi connectivity index (χ1v) is 10.4. The van der Waals surface area contributed by atoms with Gasteiger partial charge in [0.2, 0.25) is 0 Å². The first-order chi connectivity index (χ1) is 15.1. The van der Waals surface area contributed by atoms with Crippen molar-refractivity contribution in [1.29, 1.82) is 0 Å². The molecular weight excluding hydrogens is 392 g/mol. The number of aromatic amines is 2. The van der Waals surface area contributed by atoms with E-state index in [0.29, 0.717) is 12.0 Å². The number of imide groups is 1. The van der Waals surface area contributed by atoms with Crippen molar-refractivity contribution in [2.45, 2.75) is 25.8 Å². The summed E-state index contributed by atoms with van der Waals surface area (Å²) in [5, 5.41) is 4.56. The third-order valence-corrected chi connectivity index (χ3v) is 5.99. The van der Waals surface area contributed by atoms with E-state index in [2.05, 4.69) is 22.2 Å². The van der Waals surface area contributed by atoms with Crippen LogP contribution in [-0.2, 0) is 17.6 Å². The maximum atomic E-state index is 13.0. The van der Waals surface area contributed by atoms with Crippen LogP contribution in [0.2, 0.25) is 0 Å². The summed E-state index contributed by atoms with van der Waals surface area (Å²) in [6.45, 7) is 1.77. The van der Waals surface area contributed by atoms with E-state index >= 15 is 0 Å². The number of ketones is 1. The number of nitrogens with zero attached hydrogens (tertiary/aromatic N) is 1. The quantitative estimate of drug-likeness (QED) is 0.332. The van der Waals surface area contributed by atoms with Gasteiger partial charge in [-0.15, -0.1) is 0 Å². The van der Waals surface area contributed by atoms with E-state index in [1.54, 1.807) is 6.20 Å². The lowest BCUT2D eigenvalue weighted by atomic mass is 10.0. The van der Waals surface area contributed by atoms with Crippen LogP contribution in [0.4, 0.5) is 4.79 Å². The van der Waals surface area contributed by atoms with Gasteiger partial charge in [0.05, 0.1) is 6.54 Å². The van der Waals surface area contributed by atoms with Gasteiger partial charge in [-0.05, 0) is 23.6 Å². The standard InChI is InChI=1S/C24H22N4O3/c1-2-14-6-5-8-17-18(12-26-22(14)17)21(29)13-28-23(30)20(27-24(28)31)10-15-11-25-19-9-4-3-7-16(15)19/h3-9,11-12,20,25-26H,2,10,13H2,1H3,(H,27,31)/t20-/m1/s1. The van der Waals surface area contributed by atoms with Gasteiger partial charge >= 0.3 is 6.03 Å². The number of nitrogens with one attached hydrogen (secondary N) is 3. The third-order valence-electron chi connectivity index (χ3n) is 5.99. The van der Waals surface area contributed by atoms with Crippen molar-refractivity contribution in [3.63, 3.8) is 0 Å². The summed E-state index contributed by atoms with van der Waals surface area (Å²) in [4.78, 5) is 45.7. The Balaban J connectivity index is 1.35. The molecule has 1 fully saturated rings. The van der Waals surface area contributed by atoms with Crippen molar-refractivity contribution in [2.24, 2.45) is 0 Å². The number of rotatable bonds is 6. The van der Waals surface area contributed by atoms with Gasteiger partial charge in [0.1, 0.15) is 6.04 Å². The molecule has 1 aliphatic rings. The lowest BCUT2D eigenvalue weighted by molar-refractivity contribution is -0.127. The second-order valence-electron chi connectivity index (χ2n) is 7.81. The monoisotopic (exact) mass is 414 g/mol. The normalized spacial score (nSPS) is 16.4. The van der Waals surface area contributed by atoms with E-state index in [0.717, 1.165) is 44.3 Å². The number of H-pyrrole nitrogens is 2. The fourth-order valence-electron chi connectivity index (χ4n) is 4.36. The van der Waals surface area contributed by atoms with Gasteiger partial charge in [0, 0.05) is 46.2 Å². The Morgan fingerprint density at radius 3 is 2.61 bits per heavy atom. The minimum absolute atomic E-state index is 0.268. The van der Waals surface area contributed by atoms with Crippen LogP contribution in [0, 0.1) is 0 Å². The van der Waals surface area contributed by atoms with Gasteiger partial charge in [-0.1, -0.05) is 43.3 Å². The molecule has 3 amide bonds. The Morgan fingerprint density at radius 2 is 1.77 bits per heavy atom. The van der Waals surface area contributed by atoms with Gasteiger partial charge in [-0.2, -0.15) is 0 Å². The molecule has 0 bridgehead atoms. The maximum absolute atomic E-state index is 13.0. The second kappa shape index (κ2) is 7.43. The van der Waals surface area contributed by atoms with Crippen LogP contribution in [0.3, 0.4) is 0 Å². The fourth-order valence-corrected chi connectivity index (χ4v) is 4.36. The zero-order valence-corrected chi connectivity index (χ0v) is 17.1. The molecule has 2 aromatic carbocycles. The molecule has 1 aliphatic heterocycles. The molecule has 31 heavy (non-hydrogen) atoms. The van der Waals surface area contributed by atoms with Crippen LogP contribution in [0.1, 0.15) is 28.4 Å². The molecule has 0 aliphatic carbocycles. The molecule has 7 nitrogen and oxygen atoms in total. The number of para-hydroxylation sites is 2. The van der Waals surface area contributed by atoms with Crippen molar-refractivity contribution in [3.8, 4) is 0 Å². The average Bonchev–Trinajstić information content (AvgIpc) is 3.46. The molecular formula is C24H22N4O3. The second-order valence-corrected chi connectivity index (χ2v) is 7.81. The number of urea groups is 1. The number of hydrogen-bond acceptors (Lipinski definition) is 3. The number of fused-ring (bicyclic) bond motifs is 2. The summed E-state index contributed by atoms with van der Waals surface area (Å²) in [6, 6.07) is 12.4. The molecule has 0 spiro atoms. The Labute approximate surface area is 178 Å². The first kappa shape index (κ1) is 19.1. The lowest BCUT2D eigenvalue weighted by Crippen LogP contribution is -2.36. The minimum atomic E-state index is -0.686. The van der Waals surface area contributed by atoms with Crippen LogP contribution in [0.25, 0.3) is 21.8 Å². The van der Waals surface area contributed by atoms with Gasteiger partial charge < -0.3 is 15.3 Å². The van der Waals surface area contributed by atoms with Gasteiger partial charge in [-0.25, -0.2) is 4.79 Å². The number of amides is 3. The number of Topliss-reactive ketones (excluding diaryl/α,β-unsaturated/α-hetero) is 1. The summed E-state index contributed by atoms with van der Waals surface area (Å²) in [5.41, 5.74) is 4.46. The molecule has 0 radical (unpaired) electrons. The maximum Gasteiger partial charge on any atom is 0.325 e. The van der Waals surface area contributed by atoms with Crippen molar-refractivity contribution < 1.29 is 14.4 Å². The number of aromatic nitrogens is 2. The van der Waals surface area contributed by atoms with Crippen molar-refractivity contribution in [3.05, 3.63) is 71.5 Å². The molecule has 0 saturated carbocycles. The molecule has 3 N–H and O–H groups in total. The molecule has 1 saturated heterocycles. The van der Waals surface area contributed by atoms with E-state index in [1.165, 1.54) is 0 Å². The molecule has 4 aromatic rings. The van der Waals surface area contributed by atoms with Crippen molar-refractivity contribution in [1.82, 2.24) is 20.2 Å². The molecule has 5 rings (SSSR count). The third kappa shape index (κ3) is 3.18. The highest BCUT2D eigenvalue weighted by Crippen LogP contribution is 2.24. The SMILES string of the molecule is CCc1cccc2c(C(=O)CN3C(=O)N[C@H](Cc4c[nH]c5ccccc45)C3=O)c[nH]c12.